The molecular formula is C21H41N2+. The van der Waals surface area contributed by atoms with Crippen LogP contribution >= 0.6 is 0 Å². The highest BCUT2D eigenvalue weighted by atomic mass is 15.1. The van der Waals surface area contributed by atoms with Gasteiger partial charge in [0.25, 0.3) is 5.82 Å². The van der Waals surface area contributed by atoms with Crippen LogP contribution < -0.4 is 4.57 Å². The molecule has 0 spiro atoms. The maximum absolute atomic E-state index is 2.50. The highest BCUT2D eigenvalue weighted by molar-refractivity contribution is 4.84. The van der Waals surface area contributed by atoms with Crippen molar-refractivity contribution >= 4 is 0 Å². The third-order valence-corrected chi connectivity index (χ3v) is 4.81. The molecule has 1 heterocycles. The van der Waals surface area contributed by atoms with Gasteiger partial charge in [-0.2, -0.15) is 0 Å². The Morgan fingerprint density at radius 1 is 0.739 bits per heavy atom. The molecule has 0 atom stereocenters. The number of aryl methyl sites for hydroxylation is 2. The Kier molecular flexibility index (Phi) is 12.0. The number of imidazole rings is 1. The summed E-state index contributed by atoms with van der Waals surface area (Å²) in [5.74, 6) is 1.56. The van der Waals surface area contributed by atoms with Gasteiger partial charge < -0.3 is 0 Å². The first-order valence-electron chi connectivity index (χ1n) is 10.4. The summed E-state index contributed by atoms with van der Waals surface area (Å²) in [5, 5.41) is 0. The molecular weight excluding hydrogens is 280 g/mol. The molecule has 0 aliphatic rings. The lowest BCUT2D eigenvalue weighted by molar-refractivity contribution is -0.703. The van der Waals surface area contributed by atoms with Crippen molar-refractivity contribution < 1.29 is 4.57 Å². The molecule has 0 radical (unpaired) electrons. The van der Waals surface area contributed by atoms with Crippen LogP contribution in [0, 0.1) is 0 Å². The van der Waals surface area contributed by atoms with E-state index in [2.05, 4.69) is 42.3 Å². The van der Waals surface area contributed by atoms with Crippen molar-refractivity contribution in [3.05, 3.63) is 18.2 Å². The van der Waals surface area contributed by atoms with Crippen molar-refractivity contribution in [1.29, 1.82) is 0 Å². The number of aromatic nitrogens is 2. The standard InChI is InChI=1S/C21H41N2/c1-4-7-9-10-11-12-13-14-15-16-21-22(17-6-3)19-20-23(21)18-8-5-2/h19-20H,4-18H2,1-3H3/q+1. The molecule has 2 nitrogen and oxygen atoms in total. The summed E-state index contributed by atoms with van der Waals surface area (Å²) < 4.78 is 4.99. The molecule has 0 aromatic carbocycles. The average molecular weight is 322 g/mol. The summed E-state index contributed by atoms with van der Waals surface area (Å²) in [4.78, 5) is 0. The first-order valence-corrected chi connectivity index (χ1v) is 10.4. The van der Waals surface area contributed by atoms with Crippen molar-refractivity contribution in [3.63, 3.8) is 0 Å². The van der Waals surface area contributed by atoms with Gasteiger partial charge in [-0.3, -0.25) is 0 Å². The first kappa shape index (κ1) is 20.3. The van der Waals surface area contributed by atoms with Crippen LogP contribution in [0.15, 0.2) is 12.4 Å². The maximum atomic E-state index is 2.50. The largest absolute Gasteiger partial charge is 0.256 e. The van der Waals surface area contributed by atoms with Gasteiger partial charge in [-0.15, -0.1) is 0 Å². The van der Waals surface area contributed by atoms with E-state index in [-0.39, 0.29) is 0 Å². The predicted octanol–water partition coefficient (Wildman–Crippen LogP) is 6.06. The fraction of sp³-hybridized carbons (Fsp3) is 0.857. The highest BCUT2D eigenvalue weighted by Gasteiger charge is 2.15. The highest BCUT2D eigenvalue weighted by Crippen LogP contribution is 2.11. The van der Waals surface area contributed by atoms with Crippen molar-refractivity contribution in [3.8, 4) is 0 Å². The Labute approximate surface area is 145 Å². The number of hydrogen-bond donors (Lipinski definition) is 0. The Morgan fingerprint density at radius 3 is 1.96 bits per heavy atom. The van der Waals surface area contributed by atoms with E-state index in [1.807, 2.05) is 0 Å². The van der Waals surface area contributed by atoms with Gasteiger partial charge in [-0.25, -0.2) is 9.13 Å². The Hall–Kier alpha value is -0.790. The molecule has 134 valence electrons. The van der Waals surface area contributed by atoms with Gasteiger partial charge in [0, 0.05) is 6.42 Å². The maximum Gasteiger partial charge on any atom is 0.256 e. The smallest absolute Gasteiger partial charge is 0.234 e. The molecule has 2 heteroatoms. The first-order chi connectivity index (χ1) is 11.3. The number of hydrogen-bond acceptors (Lipinski definition) is 0. The van der Waals surface area contributed by atoms with E-state index in [1.165, 1.54) is 96.6 Å². The third kappa shape index (κ3) is 8.58. The predicted molar refractivity (Wildman–Crippen MR) is 101 cm³/mol. The van der Waals surface area contributed by atoms with Crippen LogP contribution in [0.3, 0.4) is 0 Å². The van der Waals surface area contributed by atoms with E-state index in [0.29, 0.717) is 0 Å². The van der Waals surface area contributed by atoms with E-state index in [0.717, 1.165) is 0 Å². The minimum atomic E-state index is 1.17. The van der Waals surface area contributed by atoms with Crippen molar-refractivity contribution in [1.82, 2.24) is 4.57 Å². The molecule has 0 aliphatic carbocycles. The molecule has 23 heavy (non-hydrogen) atoms. The lowest BCUT2D eigenvalue weighted by Gasteiger charge is -2.05. The molecule has 0 bridgehead atoms. The van der Waals surface area contributed by atoms with Crippen molar-refractivity contribution in [2.75, 3.05) is 0 Å². The van der Waals surface area contributed by atoms with Gasteiger partial charge >= 0.3 is 0 Å². The monoisotopic (exact) mass is 321 g/mol. The van der Waals surface area contributed by atoms with Gasteiger partial charge in [0.1, 0.15) is 12.4 Å². The zero-order valence-corrected chi connectivity index (χ0v) is 16.2. The zero-order chi connectivity index (χ0) is 16.8. The van der Waals surface area contributed by atoms with Crippen LogP contribution in [-0.4, -0.2) is 4.57 Å². The quantitative estimate of drug-likeness (QED) is 0.274. The Balaban J connectivity index is 2.25. The summed E-state index contributed by atoms with van der Waals surface area (Å²) in [6.45, 7) is 9.22. The normalized spacial score (nSPS) is 11.3. The summed E-state index contributed by atoms with van der Waals surface area (Å²) in [5.41, 5.74) is 0. The molecule has 1 aromatic heterocycles. The molecule has 0 fully saturated rings. The van der Waals surface area contributed by atoms with Crippen LogP contribution in [0.1, 0.15) is 104 Å². The molecule has 0 unspecified atom stereocenters. The van der Waals surface area contributed by atoms with E-state index in [4.69, 9.17) is 0 Å². The van der Waals surface area contributed by atoms with Gasteiger partial charge in [-0.05, 0) is 19.3 Å². The second kappa shape index (κ2) is 13.6. The van der Waals surface area contributed by atoms with Crippen LogP contribution in [0.5, 0.6) is 0 Å². The SMILES string of the molecule is CCCCCCCCCCCc1n(CCCC)cc[n+]1CCC. The molecule has 0 N–H and O–H groups in total. The molecule has 0 saturated carbocycles. The minimum Gasteiger partial charge on any atom is -0.234 e. The van der Waals surface area contributed by atoms with Gasteiger partial charge in [-0.1, -0.05) is 78.6 Å². The summed E-state index contributed by atoms with van der Waals surface area (Å²) in [6, 6.07) is 0. The van der Waals surface area contributed by atoms with Crippen LogP contribution in [0.4, 0.5) is 0 Å². The van der Waals surface area contributed by atoms with E-state index >= 15 is 0 Å². The zero-order valence-electron chi connectivity index (χ0n) is 16.2. The van der Waals surface area contributed by atoms with Gasteiger partial charge in [0.15, 0.2) is 0 Å². The topological polar surface area (TPSA) is 8.81 Å². The number of nitrogens with zero attached hydrogens (tertiary/aromatic N) is 2. The van der Waals surface area contributed by atoms with Crippen LogP contribution in [0.2, 0.25) is 0 Å². The summed E-state index contributed by atoms with van der Waals surface area (Å²) in [7, 11) is 0. The Morgan fingerprint density at radius 2 is 1.35 bits per heavy atom. The fourth-order valence-electron chi connectivity index (χ4n) is 3.36. The molecule has 0 amide bonds. The van der Waals surface area contributed by atoms with Crippen LogP contribution in [0.25, 0.3) is 0 Å². The van der Waals surface area contributed by atoms with Crippen LogP contribution in [-0.2, 0) is 19.5 Å². The molecule has 0 saturated heterocycles. The fourth-order valence-corrected chi connectivity index (χ4v) is 3.36. The summed E-state index contributed by atoms with van der Waals surface area (Å²) in [6.07, 6.45) is 22.4. The minimum absolute atomic E-state index is 1.17. The molecule has 1 aromatic rings. The van der Waals surface area contributed by atoms with E-state index in [9.17, 15) is 0 Å². The lowest BCUT2D eigenvalue weighted by Crippen LogP contribution is -2.37. The van der Waals surface area contributed by atoms with Crippen molar-refractivity contribution in [2.24, 2.45) is 0 Å². The average Bonchev–Trinajstić information content (AvgIpc) is 2.94. The Bertz CT molecular complexity index is 381. The number of rotatable bonds is 15. The van der Waals surface area contributed by atoms with Crippen molar-refractivity contribution in [2.45, 2.75) is 117 Å². The summed E-state index contributed by atoms with van der Waals surface area (Å²) >= 11 is 0. The second-order valence-electron chi connectivity index (χ2n) is 7.03. The molecule has 1 rings (SSSR count). The molecule has 0 aliphatic heterocycles. The number of unbranched alkanes of at least 4 members (excludes halogenated alkanes) is 9. The van der Waals surface area contributed by atoms with Gasteiger partial charge in [0.05, 0.1) is 13.1 Å². The van der Waals surface area contributed by atoms with Gasteiger partial charge in [0.2, 0.25) is 0 Å². The van der Waals surface area contributed by atoms with E-state index in [1.54, 1.807) is 5.82 Å². The third-order valence-electron chi connectivity index (χ3n) is 4.81. The lowest BCUT2D eigenvalue weighted by atomic mass is 10.1. The van der Waals surface area contributed by atoms with E-state index < -0.39 is 0 Å². The second-order valence-corrected chi connectivity index (χ2v) is 7.03.